The minimum atomic E-state index is -1.14. The van der Waals surface area contributed by atoms with Gasteiger partial charge in [-0.1, -0.05) is 99.1 Å². The summed E-state index contributed by atoms with van der Waals surface area (Å²) in [4.78, 5) is 73.8. The number of carboxylic acids is 1. The molecule has 1 fully saturated rings. The summed E-state index contributed by atoms with van der Waals surface area (Å²) in [5.41, 5.74) is 0.787. The van der Waals surface area contributed by atoms with Gasteiger partial charge in [-0.15, -0.1) is 0 Å². The number of likely N-dealkylation sites (N-methyl/N-ethyl adjacent to an activating group) is 2. The van der Waals surface area contributed by atoms with E-state index in [4.69, 9.17) is 9.47 Å². The summed E-state index contributed by atoms with van der Waals surface area (Å²) in [6.45, 7) is 19.3. The van der Waals surface area contributed by atoms with Crippen LogP contribution < -0.4 is 10.6 Å². The van der Waals surface area contributed by atoms with Gasteiger partial charge in [0, 0.05) is 34.2 Å². The largest absolute Gasteiger partial charge is 0.480 e. The maximum absolute atomic E-state index is 14.4. The van der Waals surface area contributed by atoms with E-state index in [1.165, 1.54) is 7.11 Å². The van der Waals surface area contributed by atoms with Gasteiger partial charge in [0.25, 0.3) is 0 Å². The van der Waals surface area contributed by atoms with Crippen molar-refractivity contribution in [2.24, 2.45) is 29.6 Å². The molecular formula is C45H77N5O8. The second-order valence-corrected chi connectivity index (χ2v) is 17.6. The van der Waals surface area contributed by atoms with E-state index in [0.29, 0.717) is 25.3 Å². The van der Waals surface area contributed by atoms with Gasteiger partial charge in [0.1, 0.15) is 12.1 Å². The zero-order valence-electron chi connectivity index (χ0n) is 37.8. The smallest absolute Gasteiger partial charge is 0.326 e. The highest BCUT2D eigenvalue weighted by molar-refractivity contribution is 5.90. The number of ether oxygens (including phenoxy) is 2. The van der Waals surface area contributed by atoms with Crippen LogP contribution in [0.3, 0.4) is 0 Å². The third-order valence-electron chi connectivity index (χ3n) is 12.1. The van der Waals surface area contributed by atoms with Gasteiger partial charge in [0.15, 0.2) is 0 Å². The molecule has 0 bridgehead atoms. The number of amides is 4. The number of hydrogen-bond acceptors (Lipinski definition) is 8. The Labute approximate surface area is 349 Å². The third kappa shape index (κ3) is 14.3. The van der Waals surface area contributed by atoms with Crippen molar-refractivity contribution < 1.29 is 38.6 Å². The van der Waals surface area contributed by atoms with E-state index in [1.807, 2.05) is 78.9 Å². The van der Waals surface area contributed by atoms with Gasteiger partial charge in [-0.05, 0) is 68.5 Å². The number of nitrogens with zero attached hydrogens (tertiary/aromatic N) is 3. The van der Waals surface area contributed by atoms with Crippen molar-refractivity contribution in [3.8, 4) is 0 Å². The van der Waals surface area contributed by atoms with E-state index >= 15 is 0 Å². The predicted octanol–water partition coefficient (Wildman–Crippen LogP) is 5.25. The van der Waals surface area contributed by atoms with Crippen molar-refractivity contribution >= 4 is 29.6 Å². The molecule has 4 amide bonds. The van der Waals surface area contributed by atoms with Crippen molar-refractivity contribution in [3.05, 3.63) is 35.9 Å². The van der Waals surface area contributed by atoms with Crippen LogP contribution in [0.25, 0.3) is 0 Å². The molecule has 0 spiro atoms. The van der Waals surface area contributed by atoms with Crippen molar-refractivity contribution in [3.63, 3.8) is 0 Å². The summed E-state index contributed by atoms with van der Waals surface area (Å²) in [6.07, 6.45) is 2.87. The standard InChI is InChI=1S/C45H77N5O8/c1-14-31(8)40(49(11)44(54)38(29(4)5)47-43(53)39(30(6)7)48(10)24-18-20-28(2)3)36(57-12)27-37(51)50-25-19-23-35(50)41(58-13)32(9)42(52)46-34(45(55)56)26-33-21-16-15-17-22-33/h15-17,21-22,28-32,34-36,38-41H,14,18-20,23-27H2,1-13H3,(H,46,52)(H,47,53)(H,55,56)/t31-,32+,34-,35-,36+,38-,39-,40-,41+/m0/s1. The summed E-state index contributed by atoms with van der Waals surface area (Å²) in [7, 11) is 6.76. The molecule has 1 aromatic rings. The lowest BCUT2D eigenvalue weighted by molar-refractivity contribution is -0.148. The molecule has 1 aliphatic heterocycles. The summed E-state index contributed by atoms with van der Waals surface area (Å²) in [5.74, 6) is -2.58. The van der Waals surface area contributed by atoms with E-state index in [2.05, 4.69) is 29.4 Å². The molecule has 3 N–H and O–H groups in total. The van der Waals surface area contributed by atoms with Crippen LogP contribution in [0.5, 0.6) is 0 Å². The van der Waals surface area contributed by atoms with Gasteiger partial charge in [0.05, 0.1) is 42.7 Å². The molecule has 1 heterocycles. The molecule has 0 saturated carbocycles. The lowest BCUT2D eigenvalue weighted by atomic mass is 9.89. The van der Waals surface area contributed by atoms with Crippen molar-refractivity contribution in [1.82, 2.24) is 25.3 Å². The summed E-state index contributed by atoms with van der Waals surface area (Å²) in [6, 6.07) is 5.91. The molecule has 0 radical (unpaired) electrons. The van der Waals surface area contributed by atoms with Gasteiger partial charge in [-0.2, -0.15) is 0 Å². The Balaban J connectivity index is 2.27. The molecule has 13 nitrogen and oxygen atoms in total. The van der Waals surface area contributed by atoms with Gasteiger partial charge in [0.2, 0.25) is 23.6 Å². The number of aliphatic carboxylic acids is 1. The van der Waals surface area contributed by atoms with Crippen LogP contribution in [0.1, 0.15) is 106 Å². The summed E-state index contributed by atoms with van der Waals surface area (Å²) >= 11 is 0. The average molecular weight is 816 g/mol. The first-order valence-corrected chi connectivity index (χ1v) is 21.5. The summed E-state index contributed by atoms with van der Waals surface area (Å²) < 4.78 is 11.9. The van der Waals surface area contributed by atoms with Crippen LogP contribution in [0, 0.1) is 29.6 Å². The molecule has 330 valence electrons. The third-order valence-corrected chi connectivity index (χ3v) is 12.1. The molecule has 1 saturated heterocycles. The van der Waals surface area contributed by atoms with Crippen LogP contribution in [0.2, 0.25) is 0 Å². The van der Waals surface area contributed by atoms with E-state index in [1.54, 1.807) is 30.9 Å². The highest BCUT2D eigenvalue weighted by Gasteiger charge is 2.43. The van der Waals surface area contributed by atoms with Crippen LogP contribution in [0.15, 0.2) is 30.3 Å². The maximum atomic E-state index is 14.4. The second kappa shape index (κ2) is 24.5. The molecule has 1 aliphatic rings. The fourth-order valence-corrected chi connectivity index (χ4v) is 8.53. The second-order valence-electron chi connectivity index (χ2n) is 17.6. The number of hydrogen-bond donors (Lipinski definition) is 3. The number of rotatable bonds is 25. The van der Waals surface area contributed by atoms with Gasteiger partial charge >= 0.3 is 5.97 Å². The van der Waals surface area contributed by atoms with Crippen LogP contribution in [0.4, 0.5) is 0 Å². The molecule has 58 heavy (non-hydrogen) atoms. The lowest BCUT2D eigenvalue weighted by Gasteiger charge is -2.41. The quantitative estimate of drug-likeness (QED) is 0.120. The number of likely N-dealkylation sites (tertiary alicyclic amines) is 1. The van der Waals surface area contributed by atoms with Crippen molar-refractivity contribution in [2.45, 2.75) is 150 Å². The molecule has 13 heteroatoms. The monoisotopic (exact) mass is 816 g/mol. The van der Waals surface area contributed by atoms with E-state index in [0.717, 1.165) is 31.4 Å². The summed E-state index contributed by atoms with van der Waals surface area (Å²) in [5, 5.41) is 15.7. The lowest BCUT2D eigenvalue weighted by Crippen LogP contribution is -2.60. The Kier molecular flexibility index (Phi) is 21.4. The molecule has 9 atom stereocenters. The van der Waals surface area contributed by atoms with Gasteiger partial charge in [-0.3, -0.25) is 24.1 Å². The van der Waals surface area contributed by atoms with Gasteiger partial charge < -0.3 is 35.0 Å². The first-order valence-electron chi connectivity index (χ1n) is 21.5. The number of carbonyl (C=O) groups is 5. The number of methoxy groups -OCH3 is 2. The zero-order chi connectivity index (χ0) is 43.9. The van der Waals surface area contributed by atoms with E-state index in [-0.39, 0.29) is 48.3 Å². The van der Waals surface area contributed by atoms with Crippen LogP contribution >= 0.6 is 0 Å². The Bertz CT molecular complexity index is 1440. The minimum absolute atomic E-state index is 0.00982. The minimum Gasteiger partial charge on any atom is -0.480 e. The number of carboxylic acid groups (broad SMARTS) is 1. The first-order chi connectivity index (χ1) is 27.3. The SMILES string of the molecule is CC[C@H](C)[C@@H]([C@@H](CC(=O)N1CCC[C@H]1[C@H](OC)[C@@H](C)C(=O)N[C@@H](Cc1ccccc1)C(=O)O)OC)N(C)C(=O)[C@@H](NC(=O)[C@H](C(C)C)N(C)CCCC(C)C)C(C)C. The fourth-order valence-electron chi connectivity index (χ4n) is 8.53. The molecule has 0 unspecified atom stereocenters. The Hall–Kier alpha value is -3.55. The molecule has 0 aliphatic carbocycles. The van der Waals surface area contributed by atoms with Gasteiger partial charge in [-0.25, -0.2) is 4.79 Å². The maximum Gasteiger partial charge on any atom is 0.326 e. The van der Waals surface area contributed by atoms with E-state index < -0.39 is 60.2 Å². The van der Waals surface area contributed by atoms with Crippen molar-refractivity contribution in [1.29, 1.82) is 0 Å². The Morgan fingerprint density at radius 1 is 0.897 bits per heavy atom. The Morgan fingerprint density at radius 3 is 2.05 bits per heavy atom. The molecular weight excluding hydrogens is 739 g/mol. The van der Waals surface area contributed by atoms with Crippen LogP contribution in [-0.2, 0) is 39.9 Å². The average Bonchev–Trinajstić information content (AvgIpc) is 3.65. The molecule has 2 rings (SSSR count). The van der Waals surface area contributed by atoms with Crippen molar-refractivity contribution in [2.75, 3.05) is 41.4 Å². The zero-order valence-corrected chi connectivity index (χ0v) is 37.8. The van der Waals surface area contributed by atoms with E-state index in [9.17, 15) is 29.1 Å². The first kappa shape index (κ1) is 50.6. The molecule has 1 aromatic carbocycles. The van der Waals surface area contributed by atoms with Crippen LogP contribution in [-0.4, -0.2) is 133 Å². The number of benzene rings is 1. The fraction of sp³-hybridized carbons (Fsp3) is 0.756. The topological polar surface area (TPSA) is 158 Å². The predicted molar refractivity (Wildman–Crippen MR) is 228 cm³/mol. The normalized spacial score (nSPS) is 18.7. The Morgan fingerprint density at radius 2 is 1.53 bits per heavy atom. The highest BCUT2D eigenvalue weighted by atomic mass is 16.5. The molecule has 0 aromatic heterocycles. The number of nitrogens with one attached hydrogen (secondary N) is 2. The number of carbonyl (C=O) groups excluding carboxylic acids is 4. The highest BCUT2D eigenvalue weighted by Crippen LogP contribution is 2.30.